The monoisotopic (exact) mass is 262 g/mol. The van der Waals surface area contributed by atoms with Crippen molar-refractivity contribution in [3.8, 4) is 0 Å². The van der Waals surface area contributed by atoms with Crippen molar-refractivity contribution in [1.29, 1.82) is 0 Å². The van der Waals surface area contributed by atoms with Gasteiger partial charge in [-0.25, -0.2) is 4.79 Å². The van der Waals surface area contributed by atoms with Gasteiger partial charge in [0.1, 0.15) is 6.04 Å². The second-order valence-electron chi connectivity index (χ2n) is 4.72. The van der Waals surface area contributed by atoms with E-state index in [1.54, 1.807) is 24.1 Å². The van der Waals surface area contributed by atoms with Crippen molar-refractivity contribution in [2.45, 2.75) is 19.4 Å². The Bertz CT molecular complexity index is 513. The molecule has 1 fully saturated rings. The standard InChI is InChI=1S/C14H18N2O3/c1-9-10(14(18)19-3)5-4-6-11(9)15-12-7-8-16(2)13(12)17/h4-6,12,15H,7-8H2,1-3H3. The summed E-state index contributed by atoms with van der Waals surface area (Å²) in [6.07, 6.45) is 0.775. The van der Waals surface area contributed by atoms with Crippen molar-refractivity contribution in [2.75, 3.05) is 26.0 Å². The normalized spacial score (nSPS) is 18.6. The molecule has 0 spiro atoms. The number of anilines is 1. The number of rotatable bonds is 3. The number of nitrogens with zero attached hydrogens (tertiary/aromatic N) is 1. The van der Waals surface area contributed by atoms with Crippen LogP contribution in [0.5, 0.6) is 0 Å². The van der Waals surface area contributed by atoms with Gasteiger partial charge < -0.3 is 15.0 Å². The number of likely N-dealkylation sites (tertiary alicyclic amines) is 1. The lowest BCUT2D eigenvalue weighted by atomic mass is 10.1. The predicted octanol–water partition coefficient (Wildman–Crippen LogP) is 1.42. The highest BCUT2D eigenvalue weighted by Crippen LogP contribution is 2.23. The molecule has 0 radical (unpaired) electrons. The third-order valence-corrected chi connectivity index (χ3v) is 3.50. The summed E-state index contributed by atoms with van der Waals surface area (Å²) in [6, 6.07) is 5.16. The predicted molar refractivity (Wildman–Crippen MR) is 72.2 cm³/mol. The number of nitrogens with one attached hydrogen (secondary N) is 1. The maximum atomic E-state index is 11.9. The van der Waals surface area contributed by atoms with Crippen molar-refractivity contribution >= 4 is 17.6 Å². The maximum Gasteiger partial charge on any atom is 0.338 e. The molecule has 0 aromatic heterocycles. The molecule has 19 heavy (non-hydrogen) atoms. The van der Waals surface area contributed by atoms with Crippen molar-refractivity contribution in [2.24, 2.45) is 0 Å². The number of likely N-dealkylation sites (N-methyl/N-ethyl adjacent to an activating group) is 1. The fourth-order valence-corrected chi connectivity index (χ4v) is 2.27. The Kier molecular flexibility index (Phi) is 3.74. The quantitative estimate of drug-likeness (QED) is 0.837. The molecule has 1 atom stereocenters. The van der Waals surface area contributed by atoms with Crippen LogP contribution in [0.3, 0.4) is 0 Å². The van der Waals surface area contributed by atoms with Crippen molar-refractivity contribution in [3.05, 3.63) is 29.3 Å². The zero-order valence-electron chi connectivity index (χ0n) is 11.4. The van der Waals surface area contributed by atoms with Gasteiger partial charge in [0.15, 0.2) is 0 Å². The Balaban J connectivity index is 2.22. The van der Waals surface area contributed by atoms with Crippen molar-refractivity contribution < 1.29 is 14.3 Å². The number of benzene rings is 1. The van der Waals surface area contributed by atoms with E-state index in [-0.39, 0.29) is 17.9 Å². The van der Waals surface area contributed by atoms with Gasteiger partial charge in [0.2, 0.25) is 5.91 Å². The van der Waals surface area contributed by atoms with Gasteiger partial charge in [0.25, 0.3) is 0 Å². The van der Waals surface area contributed by atoms with Crippen LogP contribution in [-0.4, -0.2) is 43.5 Å². The largest absolute Gasteiger partial charge is 0.465 e. The minimum atomic E-state index is -0.365. The highest BCUT2D eigenvalue weighted by Gasteiger charge is 2.29. The summed E-state index contributed by atoms with van der Waals surface area (Å²) in [6.45, 7) is 2.60. The van der Waals surface area contributed by atoms with E-state index in [1.807, 2.05) is 13.0 Å². The van der Waals surface area contributed by atoms with E-state index in [4.69, 9.17) is 4.74 Å². The molecule has 1 amide bonds. The molecule has 1 saturated heterocycles. The van der Waals surface area contributed by atoms with Crippen LogP contribution < -0.4 is 5.32 Å². The molecule has 1 aliphatic rings. The Morgan fingerprint density at radius 1 is 1.47 bits per heavy atom. The van der Waals surface area contributed by atoms with Gasteiger partial charge in [0, 0.05) is 19.3 Å². The van der Waals surface area contributed by atoms with Crippen LogP contribution in [0.4, 0.5) is 5.69 Å². The number of carbonyl (C=O) groups is 2. The highest BCUT2D eigenvalue weighted by molar-refractivity contribution is 5.93. The molecule has 5 nitrogen and oxygen atoms in total. The smallest absolute Gasteiger partial charge is 0.338 e. The summed E-state index contributed by atoms with van der Waals surface area (Å²) >= 11 is 0. The van der Waals surface area contributed by atoms with Crippen molar-refractivity contribution in [1.82, 2.24) is 4.90 Å². The Morgan fingerprint density at radius 3 is 2.79 bits per heavy atom. The zero-order valence-corrected chi connectivity index (χ0v) is 11.4. The Morgan fingerprint density at radius 2 is 2.21 bits per heavy atom. The van der Waals surface area contributed by atoms with Crippen LogP contribution in [0.25, 0.3) is 0 Å². The van der Waals surface area contributed by atoms with E-state index in [0.29, 0.717) is 5.56 Å². The molecule has 1 N–H and O–H groups in total. The molecule has 0 saturated carbocycles. The first kappa shape index (κ1) is 13.4. The molecule has 1 aliphatic heterocycles. The number of hydrogen-bond donors (Lipinski definition) is 1. The number of amides is 1. The molecule has 1 aromatic carbocycles. The van der Waals surface area contributed by atoms with Gasteiger partial charge in [-0.1, -0.05) is 6.07 Å². The Hall–Kier alpha value is -2.04. The minimum absolute atomic E-state index is 0.0860. The molecule has 0 aliphatic carbocycles. The summed E-state index contributed by atoms with van der Waals surface area (Å²) in [7, 11) is 3.15. The van der Waals surface area contributed by atoms with E-state index in [9.17, 15) is 9.59 Å². The van der Waals surface area contributed by atoms with E-state index >= 15 is 0 Å². The molecule has 1 aromatic rings. The maximum absolute atomic E-state index is 11.9. The van der Waals surface area contributed by atoms with Crippen LogP contribution in [0.15, 0.2) is 18.2 Å². The van der Waals surface area contributed by atoms with Gasteiger partial charge >= 0.3 is 5.97 Å². The van der Waals surface area contributed by atoms with Crippen LogP contribution in [-0.2, 0) is 9.53 Å². The van der Waals surface area contributed by atoms with E-state index in [0.717, 1.165) is 24.2 Å². The van der Waals surface area contributed by atoms with Crippen LogP contribution in [0, 0.1) is 6.92 Å². The number of ether oxygens (including phenoxy) is 1. The second kappa shape index (κ2) is 5.30. The van der Waals surface area contributed by atoms with Gasteiger partial charge in [-0.2, -0.15) is 0 Å². The van der Waals surface area contributed by atoms with Gasteiger partial charge in [-0.15, -0.1) is 0 Å². The lowest BCUT2D eigenvalue weighted by Crippen LogP contribution is -2.31. The van der Waals surface area contributed by atoms with Gasteiger partial charge in [0.05, 0.1) is 12.7 Å². The van der Waals surface area contributed by atoms with E-state index in [1.165, 1.54) is 7.11 Å². The Labute approximate surface area is 112 Å². The number of hydrogen-bond acceptors (Lipinski definition) is 4. The zero-order chi connectivity index (χ0) is 14.0. The lowest BCUT2D eigenvalue weighted by Gasteiger charge is -2.16. The molecule has 1 heterocycles. The first-order valence-corrected chi connectivity index (χ1v) is 6.24. The summed E-state index contributed by atoms with van der Waals surface area (Å²) < 4.78 is 4.74. The first-order chi connectivity index (χ1) is 9.04. The van der Waals surface area contributed by atoms with Gasteiger partial charge in [-0.05, 0) is 31.0 Å². The van der Waals surface area contributed by atoms with Crippen LogP contribution >= 0.6 is 0 Å². The van der Waals surface area contributed by atoms with E-state index < -0.39 is 0 Å². The van der Waals surface area contributed by atoms with Gasteiger partial charge in [-0.3, -0.25) is 4.79 Å². The SMILES string of the molecule is COC(=O)c1cccc(NC2CCN(C)C2=O)c1C. The first-order valence-electron chi connectivity index (χ1n) is 6.24. The number of carbonyl (C=O) groups excluding carboxylic acids is 2. The molecule has 2 rings (SSSR count). The number of methoxy groups -OCH3 is 1. The lowest BCUT2D eigenvalue weighted by molar-refractivity contribution is -0.127. The topological polar surface area (TPSA) is 58.6 Å². The molecular weight excluding hydrogens is 244 g/mol. The fraction of sp³-hybridized carbons (Fsp3) is 0.429. The van der Waals surface area contributed by atoms with Crippen LogP contribution in [0.2, 0.25) is 0 Å². The molecule has 102 valence electrons. The minimum Gasteiger partial charge on any atom is -0.465 e. The summed E-state index contributed by atoms with van der Waals surface area (Å²) in [4.78, 5) is 25.2. The highest BCUT2D eigenvalue weighted by atomic mass is 16.5. The van der Waals surface area contributed by atoms with Crippen molar-refractivity contribution in [3.63, 3.8) is 0 Å². The third kappa shape index (κ3) is 2.54. The average molecular weight is 262 g/mol. The molecule has 5 heteroatoms. The molecule has 0 bridgehead atoms. The third-order valence-electron chi connectivity index (χ3n) is 3.50. The fourth-order valence-electron chi connectivity index (χ4n) is 2.27. The number of esters is 1. The summed E-state index contributed by atoms with van der Waals surface area (Å²) in [5, 5.41) is 3.21. The summed E-state index contributed by atoms with van der Waals surface area (Å²) in [5.74, 6) is -0.279. The molecule has 1 unspecified atom stereocenters. The second-order valence-corrected chi connectivity index (χ2v) is 4.72. The van der Waals surface area contributed by atoms with Crippen LogP contribution in [0.1, 0.15) is 22.3 Å². The van der Waals surface area contributed by atoms with E-state index in [2.05, 4.69) is 5.32 Å². The molecular formula is C14H18N2O3. The summed E-state index contributed by atoms with van der Waals surface area (Å²) in [5.41, 5.74) is 2.12. The average Bonchev–Trinajstić information content (AvgIpc) is 2.72.